The van der Waals surface area contributed by atoms with E-state index in [1.807, 2.05) is 37.1 Å². The van der Waals surface area contributed by atoms with Crippen LogP contribution in [0.5, 0.6) is 0 Å². The first kappa shape index (κ1) is 16.5. The Balaban J connectivity index is 2.87. The van der Waals surface area contributed by atoms with Crippen molar-refractivity contribution in [1.82, 2.24) is 4.90 Å². The molecular weight excluding hydrogens is 248 g/mol. The molecule has 20 heavy (non-hydrogen) atoms. The monoisotopic (exact) mass is 276 g/mol. The van der Waals surface area contributed by atoms with E-state index < -0.39 is 0 Å². The van der Waals surface area contributed by atoms with Crippen molar-refractivity contribution < 1.29 is 4.79 Å². The third-order valence-corrected chi connectivity index (χ3v) is 3.93. The Bertz CT molecular complexity index is 454. The summed E-state index contributed by atoms with van der Waals surface area (Å²) in [6.07, 6.45) is 1.09. The molecule has 1 amide bonds. The van der Waals surface area contributed by atoms with Crippen LogP contribution in [-0.4, -0.2) is 30.4 Å². The quantitative estimate of drug-likeness (QED) is 0.853. The van der Waals surface area contributed by atoms with Crippen molar-refractivity contribution in [3.05, 3.63) is 29.3 Å². The van der Waals surface area contributed by atoms with Gasteiger partial charge in [0.15, 0.2) is 0 Å². The Hall–Kier alpha value is -1.51. The number of hydrogen-bond donors (Lipinski definition) is 1. The van der Waals surface area contributed by atoms with E-state index in [1.54, 1.807) is 0 Å². The van der Waals surface area contributed by atoms with Gasteiger partial charge in [-0.15, -0.1) is 0 Å². The van der Waals surface area contributed by atoms with Crippen LogP contribution in [0.15, 0.2) is 18.2 Å². The fourth-order valence-corrected chi connectivity index (χ4v) is 2.09. The first-order valence-corrected chi connectivity index (χ1v) is 7.50. The maximum Gasteiger partial charge on any atom is 0.253 e. The van der Waals surface area contributed by atoms with E-state index in [0.29, 0.717) is 5.92 Å². The van der Waals surface area contributed by atoms with Gasteiger partial charge in [-0.3, -0.25) is 4.79 Å². The van der Waals surface area contributed by atoms with Crippen molar-refractivity contribution in [2.75, 3.05) is 18.9 Å². The molecule has 0 aliphatic heterocycles. The third-order valence-electron chi connectivity index (χ3n) is 3.93. The number of carbonyl (C=O) groups is 1. The fraction of sp³-hybridized carbons (Fsp3) is 0.588. The number of nitrogens with one attached hydrogen (secondary N) is 1. The first-order valence-electron chi connectivity index (χ1n) is 7.50. The van der Waals surface area contributed by atoms with Crippen LogP contribution in [0.2, 0.25) is 0 Å². The van der Waals surface area contributed by atoms with Crippen LogP contribution in [0, 0.1) is 12.8 Å². The lowest BCUT2D eigenvalue weighted by Crippen LogP contribution is -2.38. The SMILES string of the molecule is CCCNc1ccc(C(=O)N(C)C(C)C(C)C)cc1C. The second-order valence-electron chi connectivity index (χ2n) is 5.86. The van der Waals surface area contributed by atoms with Gasteiger partial charge in [0.05, 0.1) is 0 Å². The molecule has 1 N–H and O–H groups in total. The molecule has 1 rings (SSSR count). The van der Waals surface area contributed by atoms with Gasteiger partial charge in [0.1, 0.15) is 0 Å². The summed E-state index contributed by atoms with van der Waals surface area (Å²) in [5, 5.41) is 3.37. The summed E-state index contributed by atoms with van der Waals surface area (Å²) in [5.41, 5.74) is 3.00. The van der Waals surface area contributed by atoms with Crippen LogP contribution < -0.4 is 5.32 Å². The maximum absolute atomic E-state index is 12.5. The predicted molar refractivity (Wildman–Crippen MR) is 86.4 cm³/mol. The average Bonchev–Trinajstić information content (AvgIpc) is 2.43. The molecule has 0 fully saturated rings. The van der Waals surface area contributed by atoms with Crippen LogP contribution in [-0.2, 0) is 0 Å². The van der Waals surface area contributed by atoms with E-state index >= 15 is 0 Å². The predicted octanol–water partition coefficient (Wildman–Crippen LogP) is 3.93. The normalized spacial score (nSPS) is 12.3. The Labute approximate surface area is 123 Å². The highest BCUT2D eigenvalue weighted by Gasteiger charge is 2.20. The molecular formula is C17H28N2O. The summed E-state index contributed by atoms with van der Waals surface area (Å²) < 4.78 is 0. The molecule has 0 aliphatic rings. The second kappa shape index (κ2) is 7.32. The summed E-state index contributed by atoms with van der Waals surface area (Å²) in [4.78, 5) is 14.3. The molecule has 0 saturated carbocycles. The highest BCUT2D eigenvalue weighted by atomic mass is 16.2. The Morgan fingerprint density at radius 3 is 2.45 bits per heavy atom. The van der Waals surface area contributed by atoms with Gasteiger partial charge in [-0.2, -0.15) is 0 Å². The minimum atomic E-state index is 0.0938. The van der Waals surface area contributed by atoms with Gasteiger partial charge in [0.2, 0.25) is 0 Å². The molecule has 3 nitrogen and oxygen atoms in total. The van der Waals surface area contributed by atoms with Crippen LogP contribution in [0.1, 0.15) is 50.0 Å². The number of aryl methyl sites for hydroxylation is 1. The maximum atomic E-state index is 12.5. The largest absolute Gasteiger partial charge is 0.385 e. The Morgan fingerprint density at radius 1 is 1.30 bits per heavy atom. The highest BCUT2D eigenvalue weighted by Crippen LogP contribution is 2.19. The standard InChI is InChI=1S/C17H28N2O/c1-7-10-18-16-9-8-15(11-13(16)4)17(20)19(6)14(5)12(2)3/h8-9,11-12,14,18H,7,10H2,1-6H3. The number of benzene rings is 1. The summed E-state index contributed by atoms with van der Waals surface area (Å²) in [6.45, 7) is 11.5. The van der Waals surface area contributed by atoms with Crippen LogP contribution >= 0.6 is 0 Å². The molecule has 112 valence electrons. The number of anilines is 1. The van der Waals surface area contributed by atoms with E-state index in [0.717, 1.165) is 29.8 Å². The third kappa shape index (κ3) is 3.99. The van der Waals surface area contributed by atoms with E-state index in [4.69, 9.17) is 0 Å². The molecule has 0 heterocycles. The molecule has 1 unspecified atom stereocenters. The number of rotatable bonds is 6. The van der Waals surface area contributed by atoms with Gasteiger partial charge in [-0.05, 0) is 49.9 Å². The number of nitrogens with zero attached hydrogens (tertiary/aromatic N) is 1. The molecule has 1 atom stereocenters. The minimum Gasteiger partial charge on any atom is -0.385 e. The average molecular weight is 276 g/mol. The molecule has 3 heteroatoms. The Kier molecular flexibility index (Phi) is 6.05. The van der Waals surface area contributed by atoms with Gasteiger partial charge in [0, 0.05) is 30.9 Å². The van der Waals surface area contributed by atoms with Crippen LogP contribution in [0.25, 0.3) is 0 Å². The molecule has 1 aromatic rings. The van der Waals surface area contributed by atoms with Crippen molar-refractivity contribution in [3.63, 3.8) is 0 Å². The van der Waals surface area contributed by atoms with Gasteiger partial charge >= 0.3 is 0 Å². The van der Waals surface area contributed by atoms with Gasteiger partial charge in [0.25, 0.3) is 5.91 Å². The zero-order chi connectivity index (χ0) is 15.3. The zero-order valence-electron chi connectivity index (χ0n) is 13.7. The summed E-state index contributed by atoms with van der Waals surface area (Å²) >= 11 is 0. The summed E-state index contributed by atoms with van der Waals surface area (Å²) in [5.74, 6) is 0.548. The van der Waals surface area contributed by atoms with Crippen molar-refractivity contribution in [2.24, 2.45) is 5.92 Å². The van der Waals surface area contributed by atoms with Gasteiger partial charge < -0.3 is 10.2 Å². The van der Waals surface area contributed by atoms with Crippen molar-refractivity contribution >= 4 is 11.6 Å². The van der Waals surface area contributed by atoms with Crippen molar-refractivity contribution in [3.8, 4) is 0 Å². The molecule has 0 radical (unpaired) electrons. The van der Waals surface area contributed by atoms with E-state index in [2.05, 4.69) is 33.0 Å². The lowest BCUT2D eigenvalue weighted by atomic mass is 10.0. The fourth-order valence-electron chi connectivity index (χ4n) is 2.09. The summed E-state index contributed by atoms with van der Waals surface area (Å²) in [7, 11) is 1.88. The van der Waals surface area contributed by atoms with Gasteiger partial charge in [-0.25, -0.2) is 0 Å². The highest BCUT2D eigenvalue weighted by molar-refractivity contribution is 5.95. The van der Waals surface area contributed by atoms with Crippen molar-refractivity contribution in [1.29, 1.82) is 0 Å². The second-order valence-corrected chi connectivity index (χ2v) is 5.86. The van der Waals surface area contributed by atoms with E-state index in [1.165, 1.54) is 0 Å². The number of hydrogen-bond acceptors (Lipinski definition) is 2. The zero-order valence-corrected chi connectivity index (χ0v) is 13.7. The van der Waals surface area contributed by atoms with Crippen LogP contribution in [0.4, 0.5) is 5.69 Å². The summed E-state index contributed by atoms with van der Waals surface area (Å²) in [6, 6.07) is 6.13. The smallest absolute Gasteiger partial charge is 0.253 e. The van der Waals surface area contributed by atoms with Crippen molar-refractivity contribution in [2.45, 2.75) is 47.1 Å². The molecule has 0 saturated heterocycles. The topological polar surface area (TPSA) is 32.3 Å². The van der Waals surface area contributed by atoms with E-state index in [-0.39, 0.29) is 11.9 Å². The van der Waals surface area contributed by atoms with Crippen LogP contribution in [0.3, 0.4) is 0 Å². The van der Waals surface area contributed by atoms with Gasteiger partial charge in [-0.1, -0.05) is 20.8 Å². The molecule has 0 aromatic heterocycles. The molecule has 0 bridgehead atoms. The lowest BCUT2D eigenvalue weighted by molar-refractivity contribution is 0.0707. The number of amides is 1. The Morgan fingerprint density at radius 2 is 1.95 bits per heavy atom. The molecule has 1 aromatic carbocycles. The number of carbonyl (C=O) groups excluding carboxylic acids is 1. The molecule has 0 aliphatic carbocycles. The first-order chi connectivity index (χ1) is 9.38. The lowest BCUT2D eigenvalue weighted by Gasteiger charge is -2.28. The van der Waals surface area contributed by atoms with E-state index in [9.17, 15) is 4.79 Å². The molecule has 0 spiro atoms. The minimum absolute atomic E-state index is 0.0938.